The predicted molar refractivity (Wildman–Crippen MR) is 98.3 cm³/mol. The van der Waals surface area contributed by atoms with E-state index >= 15 is 0 Å². The van der Waals surface area contributed by atoms with Crippen LogP contribution in [0.15, 0.2) is 60.7 Å². The molecule has 0 saturated heterocycles. The largest absolute Gasteiger partial charge is 0.496 e. The number of nitrogens with one attached hydrogen (secondary N) is 1. The third-order valence-corrected chi connectivity index (χ3v) is 4.12. The van der Waals surface area contributed by atoms with Crippen molar-refractivity contribution in [1.82, 2.24) is 15.0 Å². The summed E-state index contributed by atoms with van der Waals surface area (Å²) in [6, 6.07) is 18.4. The van der Waals surface area contributed by atoms with Gasteiger partial charge in [-0.25, -0.2) is 14.8 Å². The number of carboxylic acids is 1. The molecule has 0 spiro atoms. The second-order valence-corrected chi connectivity index (χ2v) is 5.71. The molecule has 2 aromatic heterocycles. The summed E-state index contributed by atoms with van der Waals surface area (Å²) in [4.78, 5) is 23.9. The van der Waals surface area contributed by atoms with Crippen molar-refractivity contribution < 1.29 is 14.6 Å². The Balaban J connectivity index is 1.96. The van der Waals surface area contributed by atoms with Crippen LogP contribution < -0.4 is 4.74 Å². The molecule has 0 bridgehead atoms. The monoisotopic (exact) mass is 345 g/mol. The molecule has 4 aromatic rings. The zero-order valence-corrected chi connectivity index (χ0v) is 13.9. The Labute approximate surface area is 149 Å². The van der Waals surface area contributed by atoms with Gasteiger partial charge >= 0.3 is 5.97 Å². The zero-order valence-electron chi connectivity index (χ0n) is 13.9. The van der Waals surface area contributed by atoms with Gasteiger partial charge in [-0.3, -0.25) is 0 Å². The van der Waals surface area contributed by atoms with Crippen molar-refractivity contribution in [1.29, 1.82) is 0 Å². The van der Waals surface area contributed by atoms with E-state index in [-0.39, 0.29) is 5.56 Å². The van der Waals surface area contributed by atoms with Crippen molar-refractivity contribution in [3.63, 3.8) is 0 Å². The average molecular weight is 345 g/mol. The summed E-state index contributed by atoms with van der Waals surface area (Å²) in [6.45, 7) is 0. The van der Waals surface area contributed by atoms with Crippen LogP contribution in [-0.2, 0) is 0 Å². The van der Waals surface area contributed by atoms with Gasteiger partial charge in [-0.05, 0) is 18.2 Å². The van der Waals surface area contributed by atoms with Gasteiger partial charge in [0, 0.05) is 11.1 Å². The number of para-hydroxylation sites is 1. The molecule has 6 nitrogen and oxygen atoms in total. The van der Waals surface area contributed by atoms with Crippen molar-refractivity contribution in [2.75, 3.05) is 7.11 Å². The number of carboxylic acid groups (broad SMARTS) is 1. The first-order chi connectivity index (χ1) is 12.7. The number of fused-ring (bicyclic) bond motifs is 1. The van der Waals surface area contributed by atoms with E-state index in [9.17, 15) is 9.90 Å². The van der Waals surface area contributed by atoms with Crippen LogP contribution in [-0.4, -0.2) is 33.1 Å². The highest BCUT2D eigenvalue weighted by Gasteiger charge is 2.18. The molecular formula is C20H15N3O3. The maximum Gasteiger partial charge on any atom is 0.338 e. The highest BCUT2D eigenvalue weighted by atomic mass is 16.5. The van der Waals surface area contributed by atoms with Gasteiger partial charge in [0.15, 0.2) is 5.65 Å². The molecule has 6 heteroatoms. The summed E-state index contributed by atoms with van der Waals surface area (Å²) in [6.07, 6.45) is 0. The number of methoxy groups -OCH3 is 1. The van der Waals surface area contributed by atoms with Gasteiger partial charge in [0.2, 0.25) is 0 Å². The van der Waals surface area contributed by atoms with Crippen LogP contribution in [0.5, 0.6) is 5.75 Å². The lowest BCUT2D eigenvalue weighted by atomic mass is 10.1. The van der Waals surface area contributed by atoms with E-state index in [2.05, 4.69) is 15.0 Å². The van der Waals surface area contributed by atoms with Crippen LogP contribution in [0, 0.1) is 0 Å². The minimum Gasteiger partial charge on any atom is -0.496 e. The lowest BCUT2D eigenvalue weighted by Crippen LogP contribution is -2.00. The van der Waals surface area contributed by atoms with E-state index in [0.29, 0.717) is 34.0 Å². The standard InChI is InChI=1S/C20H15N3O3/c1-26-16-10-6-5-9-13(16)15-11-14(20(24)25)17-19(21-15)23-18(22-17)12-7-3-2-4-8-12/h2-11H,1H3,(H,24,25)(H,21,22,23). The SMILES string of the molecule is COc1ccccc1-c1cc(C(=O)O)c2[nH]c(-c3ccccc3)nc2n1. The van der Waals surface area contributed by atoms with Gasteiger partial charge in [0.1, 0.15) is 11.6 Å². The van der Waals surface area contributed by atoms with E-state index in [0.717, 1.165) is 5.56 Å². The van der Waals surface area contributed by atoms with E-state index in [1.54, 1.807) is 7.11 Å². The maximum atomic E-state index is 11.8. The number of carbonyl (C=O) groups is 1. The summed E-state index contributed by atoms with van der Waals surface area (Å²) < 4.78 is 5.37. The summed E-state index contributed by atoms with van der Waals surface area (Å²) in [7, 11) is 1.57. The first-order valence-electron chi connectivity index (χ1n) is 8.00. The summed E-state index contributed by atoms with van der Waals surface area (Å²) >= 11 is 0. The van der Waals surface area contributed by atoms with Gasteiger partial charge in [-0.2, -0.15) is 0 Å². The number of hydrogen-bond donors (Lipinski definition) is 2. The molecule has 26 heavy (non-hydrogen) atoms. The number of aromatic carboxylic acids is 1. The number of hydrogen-bond acceptors (Lipinski definition) is 4. The molecule has 0 aliphatic carbocycles. The van der Waals surface area contributed by atoms with Crippen molar-refractivity contribution in [3.8, 4) is 28.4 Å². The van der Waals surface area contributed by atoms with Crippen molar-refractivity contribution in [2.45, 2.75) is 0 Å². The normalized spacial score (nSPS) is 10.8. The number of ether oxygens (including phenoxy) is 1. The van der Waals surface area contributed by atoms with E-state index in [4.69, 9.17) is 4.74 Å². The Hall–Kier alpha value is -3.67. The Morgan fingerprint density at radius 2 is 1.77 bits per heavy atom. The Morgan fingerprint density at radius 3 is 2.50 bits per heavy atom. The highest BCUT2D eigenvalue weighted by molar-refractivity contribution is 6.02. The number of aromatic nitrogens is 3. The number of H-pyrrole nitrogens is 1. The second-order valence-electron chi connectivity index (χ2n) is 5.71. The number of rotatable bonds is 4. The Morgan fingerprint density at radius 1 is 1.04 bits per heavy atom. The van der Waals surface area contributed by atoms with Gasteiger partial charge in [-0.15, -0.1) is 0 Å². The van der Waals surface area contributed by atoms with Crippen LogP contribution >= 0.6 is 0 Å². The van der Waals surface area contributed by atoms with Gasteiger partial charge in [0.05, 0.1) is 23.9 Å². The van der Waals surface area contributed by atoms with E-state index in [1.165, 1.54) is 6.07 Å². The Kier molecular flexibility index (Phi) is 3.85. The van der Waals surface area contributed by atoms with Crippen LogP contribution in [0.3, 0.4) is 0 Å². The summed E-state index contributed by atoms with van der Waals surface area (Å²) in [5.74, 6) is 0.152. The fourth-order valence-electron chi connectivity index (χ4n) is 2.88. The molecule has 0 fully saturated rings. The molecule has 2 aromatic carbocycles. The third-order valence-electron chi connectivity index (χ3n) is 4.12. The summed E-state index contributed by atoms with van der Waals surface area (Å²) in [5, 5.41) is 9.65. The molecule has 0 aliphatic heterocycles. The van der Waals surface area contributed by atoms with Crippen LogP contribution in [0.1, 0.15) is 10.4 Å². The van der Waals surface area contributed by atoms with Crippen molar-refractivity contribution in [2.24, 2.45) is 0 Å². The fourth-order valence-corrected chi connectivity index (χ4v) is 2.88. The highest BCUT2D eigenvalue weighted by Crippen LogP contribution is 2.31. The molecule has 2 heterocycles. The molecule has 4 rings (SSSR count). The molecule has 0 amide bonds. The molecule has 0 aliphatic rings. The van der Waals surface area contributed by atoms with E-state index < -0.39 is 5.97 Å². The maximum absolute atomic E-state index is 11.8. The topological polar surface area (TPSA) is 88.1 Å². The van der Waals surface area contributed by atoms with Gasteiger partial charge in [-0.1, -0.05) is 42.5 Å². The molecule has 0 saturated carbocycles. The molecule has 0 unspecified atom stereocenters. The molecule has 0 radical (unpaired) electrons. The number of imidazole rings is 1. The fraction of sp³-hybridized carbons (Fsp3) is 0.0500. The molecule has 0 atom stereocenters. The van der Waals surface area contributed by atoms with Crippen molar-refractivity contribution in [3.05, 3.63) is 66.2 Å². The van der Waals surface area contributed by atoms with Crippen LogP contribution in [0.25, 0.3) is 33.8 Å². The molecular weight excluding hydrogens is 330 g/mol. The average Bonchev–Trinajstić information content (AvgIpc) is 3.11. The lowest BCUT2D eigenvalue weighted by Gasteiger charge is -2.08. The smallest absolute Gasteiger partial charge is 0.338 e. The number of aromatic amines is 1. The quantitative estimate of drug-likeness (QED) is 0.584. The first kappa shape index (κ1) is 15.8. The van der Waals surface area contributed by atoms with Gasteiger partial charge in [0.25, 0.3) is 0 Å². The van der Waals surface area contributed by atoms with E-state index in [1.807, 2.05) is 54.6 Å². The number of nitrogens with zero attached hydrogens (tertiary/aromatic N) is 2. The van der Waals surface area contributed by atoms with Crippen molar-refractivity contribution >= 4 is 17.1 Å². The van der Waals surface area contributed by atoms with Gasteiger partial charge < -0.3 is 14.8 Å². The minimum atomic E-state index is -1.04. The lowest BCUT2D eigenvalue weighted by molar-refractivity contribution is 0.0699. The third kappa shape index (κ3) is 2.67. The minimum absolute atomic E-state index is 0.116. The summed E-state index contributed by atoms with van der Waals surface area (Å²) in [5.41, 5.74) is 2.94. The second kappa shape index (κ2) is 6.33. The molecule has 128 valence electrons. The number of benzene rings is 2. The zero-order chi connectivity index (χ0) is 18.1. The predicted octanol–water partition coefficient (Wildman–Crippen LogP) is 4.00. The number of pyridine rings is 1. The Bertz CT molecular complexity index is 1100. The van der Waals surface area contributed by atoms with Crippen LogP contribution in [0.4, 0.5) is 0 Å². The van der Waals surface area contributed by atoms with Crippen LogP contribution in [0.2, 0.25) is 0 Å². The first-order valence-corrected chi connectivity index (χ1v) is 8.00. The molecule has 2 N–H and O–H groups in total.